The number of aliphatic hydroxyl groups is 1. The van der Waals surface area contributed by atoms with Gasteiger partial charge in [0.2, 0.25) is 0 Å². The Morgan fingerprint density at radius 2 is 1.56 bits per heavy atom. The first-order chi connectivity index (χ1) is 15.5. The summed E-state index contributed by atoms with van der Waals surface area (Å²) in [6, 6.07) is 13.8. The second kappa shape index (κ2) is 11.8. The highest BCUT2D eigenvalue weighted by Crippen LogP contribution is 2.30. The van der Waals surface area contributed by atoms with Crippen LogP contribution in [-0.2, 0) is 0 Å². The summed E-state index contributed by atoms with van der Waals surface area (Å²) in [7, 11) is 0. The fourth-order valence-electron chi connectivity index (χ4n) is 4.66. The number of ketones is 1. The Labute approximate surface area is 191 Å². The van der Waals surface area contributed by atoms with E-state index in [2.05, 4.69) is 11.8 Å². The van der Waals surface area contributed by atoms with Gasteiger partial charge in [-0.25, -0.2) is 4.79 Å². The number of carboxylic acids is 1. The van der Waals surface area contributed by atoms with Crippen LogP contribution < -0.4 is 4.90 Å². The van der Waals surface area contributed by atoms with Crippen molar-refractivity contribution in [3.05, 3.63) is 65.2 Å². The SMILES string of the molecule is CCCCCCCCN(c1ccc(C(=O)c2ccccc2C(=O)O)cc1)C1CCCC1O. The summed E-state index contributed by atoms with van der Waals surface area (Å²) in [6.45, 7) is 3.11. The summed E-state index contributed by atoms with van der Waals surface area (Å²) in [5.74, 6) is -1.40. The number of aromatic carboxylic acids is 1. The van der Waals surface area contributed by atoms with Crippen molar-refractivity contribution in [1.29, 1.82) is 0 Å². The van der Waals surface area contributed by atoms with Gasteiger partial charge in [-0.3, -0.25) is 4.79 Å². The molecular formula is C27H35NO4. The number of hydrogen-bond acceptors (Lipinski definition) is 4. The molecule has 32 heavy (non-hydrogen) atoms. The number of carbonyl (C=O) groups excluding carboxylic acids is 1. The van der Waals surface area contributed by atoms with Crippen molar-refractivity contribution in [2.45, 2.75) is 76.9 Å². The molecule has 1 saturated carbocycles. The van der Waals surface area contributed by atoms with Crippen LogP contribution in [0.3, 0.4) is 0 Å². The number of carboxylic acid groups (broad SMARTS) is 1. The first-order valence-electron chi connectivity index (χ1n) is 11.9. The van der Waals surface area contributed by atoms with Crippen molar-refractivity contribution >= 4 is 17.4 Å². The lowest BCUT2D eigenvalue weighted by molar-refractivity contribution is 0.0692. The topological polar surface area (TPSA) is 77.8 Å². The number of unbranched alkanes of at least 4 members (excludes halogenated alkanes) is 5. The predicted molar refractivity (Wildman–Crippen MR) is 128 cm³/mol. The zero-order valence-corrected chi connectivity index (χ0v) is 19.0. The van der Waals surface area contributed by atoms with E-state index in [0.717, 1.165) is 37.9 Å². The Kier molecular flexibility index (Phi) is 8.86. The maximum Gasteiger partial charge on any atom is 0.336 e. The average molecular weight is 438 g/mol. The molecule has 0 spiro atoms. The molecule has 2 aromatic rings. The number of aliphatic hydroxyl groups excluding tert-OH is 1. The molecule has 172 valence electrons. The number of carbonyl (C=O) groups is 2. The molecule has 0 bridgehead atoms. The van der Waals surface area contributed by atoms with Crippen LogP contribution in [0, 0.1) is 0 Å². The fraction of sp³-hybridized carbons (Fsp3) is 0.481. The van der Waals surface area contributed by atoms with Gasteiger partial charge in [0.1, 0.15) is 0 Å². The number of rotatable bonds is 12. The van der Waals surface area contributed by atoms with E-state index in [0.29, 0.717) is 5.56 Å². The quantitative estimate of drug-likeness (QED) is 0.329. The van der Waals surface area contributed by atoms with Gasteiger partial charge in [0.05, 0.1) is 17.7 Å². The van der Waals surface area contributed by atoms with E-state index in [9.17, 15) is 19.8 Å². The van der Waals surface area contributed by atoms with Gasteiger partial charge >= 0.3 is 5.97 Å². The molecule has 3 rings (SSSR count). The zero-order chi connectivity index (χ0) is 22.9. The summed E-state index contributed by atoms with van der Waals surface area (Å²) in [6.07, 6.45) is 9.82. The number of benzene rings is 2. The minimum absolute atomic E-state index is 0.0142. The molecule has 1 aliphatic carbocycles. The standard InChI is InChI=1S/C27H35NO4/c1-2-3-4-5-6-9-19-28(24-13-10-14-25(24)29)21-17-15-20(16-18-21)26(30)22-11-7-8-12-23(22)27(31)32/h7-8,11-12,15-18,24-25,29H,2-6,9-10,13-14,19H2,1H3,(H,31,32). The molecule has 2 unspecified atom stereocenters. The second-order valence-corrected chi connectivity index (χ2v) is 8.75. The third-order valence-electron chi connectivity index (χ3n) is 6.46. The van der Waals surface area contributed by atoms with Crippen LogP contribution in [0.5, 0.6) is 0 Å². The van der Waals surface area contributed by atoms with Crippen LogP contribution >= 0.6 is 0 Å². The Hall–Kier alpha value is -2.66. The largest absolute Gasteiger partial charge is 0.478 e. The maximum absolute atomic E-state index is 12.9. The van der Waals surface area contributed by atoms with Gasteiger partial charge in [-0.15, -0.1) is 0 Å². The highest BCUT2D eigenvalue weighted by atomic mass is 16.4. The molecule has 2 N–H and O–H groups in total. The molecule has 5 nitrogen and oxygen atoms in total. The molecule has 1 fully saturated rings. The van der Waals surface area contributed by atoms with Gasteiger partial charge in [-0.1, -0.05) is 57.2 Å². The van der Waals surface area contributed by atoms with E-state index in [1.807, 2.05) is 12.1 Å². The molecule has 0 aliphatic heterocycles. The fourth-order valence-corrected chi connectivity index (χ4v) is 4.66. The van der Waals surface area contributed by atoms with Crippen molar-refractivity contribution in [2.24, 2.45) is 0 Å². The van der Waals surface area contributed by atoms with Crippen LogP contribution in [0.2, 0.25) is 0 Å². The van der Waals surface area contributed by atoms with Crippen LogP contribution in [-0.4, -0.2) is 40.7 Å². The van der Waals surface area contributed by atoms with E-state index >= 15 is 0 Å². The lowest BCUT2D eigenvalue weighted by atomic mass is 9.98. The summed E-state index contributed by atoms with van der Waals surface area (Å²) in [5, 5.41) is 19.9. The lowest BCUT2D eigenvalue weighted by Crippen LogP contribution is -2.41. The molecule has 0 radical (unpaired) electrons. The van der Waals surface area contributed by atoms with E-state index in [-0.39, 0.29) is 29.1 Å². The normalized spacial score (nSPS) is 17.9. The van der Waals surface area contributed by atoms with Crippen LogP contribution in [0.15, 0.2) is 48.5 Å². The number of nitrogens with zero attached hydrogens (tertiary/aromatic N) is 1. The van der Waals surface area contributed by atoms with E-state index in [1.54, 1.807) is 30.3 Å². The van der Waals surface area contributed by atoms with Crippen molar-refractivity contribution < 1.29 is 19.8 Å². The molecule has 0 aromatic heterocycles. The van der Waals surface area contributed by atoms with E-state index < -0.39 is 5.97 Å². The highest BCUT2D eigenvalue weighted by Gasteiger charge is 2.30. The maximum atomic E-state index is 12.9. The third kappa shape index (κ3) is 5.98. The van der Waals surface area contributed by atoms with Crippen molar-refractivity contribution in [3.8, 4) is 0 Å². The number of hydrogen-bond donors (Lipinski definition) is 2. The molecule has 2 aromatic carbocycles. The monoisotopic (exact) mass is 437 g/mol. The summed E-state index contributed by atoms with van der Waals surface area (Å²) < 4.78 is 0. The van der Waals surface area contributed by atoms with Crippen molar-refractivity contribution in [1.82, 2.24) is 0 Å². The summed E-state index contributed by atoms with van der Waals surface area (Å²) in [5.41, 5.74) is 1.68. The molecule has 0 amide bonds. The Morgan fingerprint density at radius 1 is 0.906 bits per heavy atom. The van der Waals surface area contributed by atoms with Gasteiger partial charge in [0, 0.05) is 23.4 Å². The van der Waals surface area contributed by atoms with Gasteiger partial charge in [-0.05, 0) is 56.0 Å². The van der Waals surface area contributed by atoms with Crippen LogP contribution in [0.1, 0.15) is 91.0 Å². The minimum Gasteiger partial charge on any atom is -0.478 e. The third-order valence-corrected chi connectivity index (χ3v) is 6.46. The molecule has 1 aliphatic rings. The van der Waals surface area contributed by atoms with Gasteiger partial charge in [0.15, 0.2) is 5.78 Å². The highest BCUT2D eigenvalue weighted by molar-refractivity contribution is 6.14. The molecule has 2 atom stereocenters. The van der Waals surface area contributed by atoms with Crippen LogP contribution in [0.25, 0.3) is 0 Å². The Bertz CT molecular complexity index is 893. The molecule has 0 saturated heterocycles. The summed E-state index contributed by atoms with van der Waals surface area (Å²) in [4.78, 5) is 26.7. The van der Waals surface area contributed by atoms with Gasteiger partial charge in [-0.2, -0.15) is 0 Å². The second-order valence-electron chi connectivity index (χ2n) is 8.75. The van der Waals surface area contributed by atoms with E-state index in [1.165, 1.54) is 38.2 Å². The first-order valence-corrected chi connectivity index (χ1v) is 11.9. The van der Waals surface area contributed by atoms with Crippen LogP contribution in [0.4, 0.5) is 5.69 Å². The van der Waals surface area contributed by atoms with Gasteiger partial charge < -0.3 is 15.1 Å². The van der Waals surface area contributed by atoms with Gasteiger partial charge in [0.25, 0.3) is 0 Å². The minimum atomic E-state index is -1.11. The first kappa shape index (κ1) is 24.0. The Morgan fingerprint density at radius 3 is 2.19 bits per heavy atom. The van der Waals surface area contributed by atoms with E-state index in [4.69, 9.17) is 0 Å². The lowest BCUT2D eigenvalue weighted by Gasteiger charge is -2.33. The molecule has 0 heterocycles. The van der Waals surface area contributed by atoms with Crippen molar-refractivity contribution in [2.75, 3.05) is 11.4 Å². The average Bonchev–Trinajstić information content (AvgIpc) is 3.23. The predicted octanol–water partition coefficient (Wildman–Crippen LogP) is 5.70. The smallest absolute Gasteiger partial charge is 0.336 e. The number of anilines is 1. The Balaban J connectivity index is 1.74. The molecule has 5 heteroatoms. The molecular weight excluding hydrogens is 402 g/mol. The summed E-state index contributed by atoms with van der Waals surface area (Å²) >= 11 is 0. The van der Waals surface area contributed by atoms with Crippen molar-refractivity contribution in [3.63, 3.8) is 0 Å². The zero-order valence-electron chi connectivity index (χ0n) is 19.0.